The molecule has 0 amide bonds. The van der Waals surface area contributed by atoms with Gasteiger partial charge in [-0.25, -0.2) is 0 Å². The van der Waals surface area contributed by atoms with Gasteiger partial charge in [0.05, 0.1) is 8.07 Å². The molecule has 1 nitrogen and oxygen atoms in total. The van der Waals surface area contributed by atoms with Crippen LogP contribution < -0.4 is 0 Å². The highest BCUT2D eigenvalue weighted by molar-refractivity contribution is 6.81. The number of hydrogen-bond acceptors (Lipinski definition) is 1. The first-order valence-electron chi connectivity index (χ1n) is 7.32. The summed E-state index contributed by atoms with van der Waals surface area (Å²) in [4.78, 5) is 12.0. The molecule has 2 aliphatic carbocycles. The summed E-state index contributed by atoms with van der Waals surface area (Å²) >= 11 is 0. The van der Waals surface area contributed by atoms with Crippen molar-refractivity contribution in [1.29, 1.82) is 0 Å². The van der Waals surface area contributed by atoms with Crippen LogP contribution in [0.1, 0.15) is 52.4 Å². The van der Waals surface area contributed by atoms with E-state index in [0.717, 1.165) is 12.8 Å². The zero-order valence-electron chi connectivity index (χ0n) is 12.7. The molecule has 102 valence electrons. The fourth-order valence-electron chi connectivity index (χ4n) is 4.28. The lowest BCUT2D eigenvalue weighted by Gasteiger charge is -2.41. The van der Waals surface area contributed by atoms with Crippen LogP contribution in [0.15, 0.2) is 11.3 Å². The summed E-state index contributed by atoms with van der Waals surface area (Å²) in [6.07, 6.45) is 6.58. The van der Waals surface area contributed by atoms with Crippen LogP contribution in [0.2, 0.25) is 19.6 Å². The van der Waals surface area contributed by atoms with Crippen molar-refractivity contribution in [3.8, 4) is 0 Å². The topological polar surface area (TPSA) is 17.1 Å². The van der Waals surface area contributed by atoms with E-state index in [1.165, 1.54) is 25.7 Å². The Kier molecular flexibility index (Phi) is 3.38. The van der Waals surface area contributed by atoms with Gasteiger partial charge in [-0.3, -0.25) is 4.79 Å². The van der Waals surface area contributed by atoms with Crippen molar-refractivity contribution in [2.45, 2.75) is 72.0 Å². The minimum Gasteiger partial charge on any atom is -0.300 e. The summed E-state index contributed by atoms with van der Waals surface area (Å²) in [6, 6.07) is 0. The summed E-state index contributed by atoms with van der Waals surface area (Å²) in [5.41, 5.74) is 4.78. The highest BCUT2D eigenvalue weighted by Crippen LogP contribution is 2.55. The molecule has 1 atom stereocenters. The Labute approximate surface area is 113 Å². The van der Waals surface area contributed by atoms with Gasteiger partial charge in [0.1, 0.15) is 5.78 Å². The van der Waals surface area contributed by atoms with Crippen LogP contribution in [0, 0.1) is 10.8 Å². The van der Waals surface area contributed by atoms with E-state index in [2.05, 4.69) is 39.2 Å². The van der Waals surface area contributed by atoms with E-state index in [4.69, 9.17) is 0 Å². The molecule has 2 heteroatoms. The Hall–Kier alpha value is -0.373. The van der Waals surface area contributed by atoms with Crippen LogP contribution in [0.3, 0.4) is 0 Å². The van der Waals surface area contributed by atoms with Crippen LogP contribution >= 0.6 is 0 Å². The van der Waals surface area contributed by atoms with Crippen LogP contribution in [0.5, 0.6) is 0 Å². The Bertz CT molecular complexity index is 386. The third-order valence-corrected chi connectivity index (χ3v) is 5.59. The molecule has 0 N–H and O–H groups in total. The first-order chi connectivity index (χ1) is 8.09. The quantitative estimate of drug-likeness (QED) is 0.625. The largest absolute Gasteiger partial charge is 0.300 e. The van der Waals surface area contributed by atoms with Gasteiger partial charge in [-0.1, -0.05) is 44.8 Å². The molecule has 0 bridgehead atoms. The third kappa shape index (κ3) is 3.34. The summed E-state index contributed by atoms with van der Waals surface area (Å²) in [5, 5.41) is 0. The highest BCUT2D eigenvalue weighted by Gasteiger charge is 2.46. The van der Waals surface area contributed by atoms with Crippen LogP contribution in [-0.4, -0.2) is 13.9 Å². The van der Waals surface area contributed by atoms with Gasteiger partial charge in [0.25, 0.3) is 0 Å². The van der Waals surface area contributed by atoms with E-state index in [-0.39, 0.29) is 5.41 Å². The van der Waals surface area contributed by atoms with Gasteiger partial charge in [0.2, 0.25) is 0 Å². The van der Waals surface area contributed by atoms with E-state index in [9.17, 15) is 4.79 Å². The van der Waals surface area contributed by atoms with Crippen LogP contribution in [0.25, 0.3) is 0 Å². The van der Waals surface area contributed by atoms with Gasteiger partial charge >= 0.3 is 0 Å². The van der Waals surface area contributed by atoms with Gasteiger partial charge < -0.3 is 0 Å². The lowest BCUT2D eigenvalue weighted by molar-refractivity contribution is -0.127. The molecule has 2 rings (SSSR count). The molecule has 0 saturated heterocycles. The normalized spacial score (nSPS) is 34.5. The summed E-state index contributed by atoms with van der Waals surface area (Å²) in [5.74, 6) is 0.500. The molecule has 0 aromatic rings. The van der Waals surface area contributed by atoms with E-state index in [1.807, 2.05) is 0 Å². The maximum absolute atomic E-state index is 12.0. The Morgan fingerprint density at radius 1 is 1.11 bits per heavy atom. The first-order valence-corrected chi connectivity index (χ1v) is 10.9. The standard InChI is InChI=1S/C16H28OSi/c1-15(2)9-14(17)10-16(12-15)7-6-13(8-16)11-18(3,4)5/h11H,6-10,12H2,1-5H3/b13-11-/t16-/m1/s1. The minimum atomic E-state index is -1.10. The van der Waals surface area contributed by atoms with Crippen molar-refractivity contribution >= 4 is 13.9 Å². The van der Waals surface area contributed by atoms with Gasteiger partial charge in [-0.05, 0) is 36.5 Å². The van der Waals surface area contributed by atoms with E-state index in [0.29, 0.717) is 11.2 Å². The van der Waals surface area contributed by atoms with Crippen molar-refractivity contribution in [3.63, 3.8) is 0 Å². The number of ketones is 1. The molecular formula is C16H28OSi. The Balaban J connectivity index is 2.16. The fourth-order valence-corrected chi connectivity index (χ4v) is 5.75. The van der Waals surface area contributed by atoms with Gasteiger partial charge in [0.15, 0.2) is 0 Å². The minimum absolute atomic E-state index is 0.226. The molecule has 18 heavy (non-hydrogen) atoms. The zero-order valence-corrected chi connectivity index (χ0v) is 13.7. The maximum atomic E-state index is 12.0. The maximum Gasteiger partial charge on any atom is 0.134 e. The summed E-state index contributed by atoms with van der Waals surface area (Å²) in [6.45, 7) is 11.8. The van der Waals surface area contributed by atoms with E-state index in [1.54, 1.807) is 5.57 Å². The number of carbonyl (C=O) groups is 1. The number of allylic oxidation sites excluding steroid dienone is 1. The molecule has 0 radical (unpaired) electrons. The van der Waals surface area contributed by atoms with Crippen molar-refractivity contribution < 1.29 is 4.79 Å². The fraction of sp³-hybridized carbons (Fsp3) is 0.812. The predicted octanol–water partition coefficient (Wildman–Crippen LogP) is 4.74. The molecule has 0 aromatic carbocycles. The SMILES string of the molecule is CC1(C)CC(=O)C[C@]2(CC/C(=C/[Si](C)(C)C)C2)C1. The number of Topliss-reactive ketones (excluding diaryl/α,β-unsaturated/α-hetero) is 1. The summed E-state index contributed by atoms with van der Waals surface area (Å²) in [7, 11) is -1.10. The first kappa shape index (κ1) is 14.0. The van der Waals surface area contributed by atoms with Gasteiger partial charge in [-0.15, -0.1) is 0 Å². The average Bonchev–Trinajstić information content (AvgIpc) is 2.39. The van der Waals surface area contributed by atoms with Gasteiger partial charge in [-0.2, -0.15) is 0 Å². The average molecular weight is 264 g/mol. The van der Waals surface area contributed by atoms with Crippen LogP contribution in [0.4, 0.5) is 0 Å². The van der Waals surface area contributed by atoms with Gasteiger partial charge in [0, 0.05) is 12.8 Å². The molecule has 2 fully saturated rings. The number of carbonyl (C=O) groups excluding carboxylic acids is 1. The highest BCUT2D eigenvalue weighted by atomic mass is 28.3. The second kappa shape index (κ2) is 4.33. The second-order valence-electron chi connectivity index (χ2n) is 8.58. The molecule has 0 aromatic heterocycles. The lowest BCUT2D eigenvalue weighted by Crippen LogP contribution is -2.36. The van der Waals surface area contributed by atoms with Crippen molar-refractivity contribution in [2.24, 2.45) is 10.8 Å². The molecule has 0 aliphatic heterocycles. The monoisotopic (exact) mass is 264 g/mol. The lowest BCUT2D eigenvalue weighted by atomic mass is 9.62. The molecule has 2 aliphatic rings. The zero-order chi connectivity index (χ0) is 13.6. The predicted molar refractivity (Wildman–Crippen MR) is 80.4 cm³/mol. The van der Waals surface area contributed by atoms with Crippen molar-refractivity contribution in [1.82, 2.24) is 0 Å². The van der Waals surface area contributed by atoms with Crippen LogP contribution in [-0.2, 0) is 4.79 Å². The Morgan fingerprint density at radius 2 is 1.78 bits per heavy atom. The molecular weight excluding hydrogens is 236 g/mol. The van der Waals surface area contributed by atoms with Crippen molar-refractivity contribution in [2.75, 3.05) is 0 Å². The summed E-state index contributed by atoms with van der Waals surface area (Å²) < 4.78 is 0. The Morgan fingerprint density at radius 3 is 2.33 bits per heavy atom. The van der Waals surface area contributed by atoms with E-state index < -0.39 is 8.07 Å². The molecule has 2 saturated carbocycles. The molecule has 0 unspecified atom stereocenters. The number of hydrogen-bond donors (Lipinski definition) is 0. The smallest absolute Gasteiger partial charge is 0.134 e. The number of rotatable bonds is 1. The van der Waals surface area contributed by atoms with Crippen molar-refractivity contribution in [3.05, 3.63) is 11.3 Å². The second-order valence-corrected chi connectivity index (χ2v) is 13.6. The third-order valence-electron chi connectivity index (χ3n) is 4.32. The van der Waals surface area contributed by atoms with E-state index >= 15 is 0 Å². The molecule has 0 heterocycles. The molecule has 1 spiro atoms.